The first-order chi connectivity index (χ1) is 9.99. The van der Waals surface area contributed by atoms with Crippen molar-refractivity contribution in [1.82, 2.24) is 4.31 Å². The van der Waals surface area contributed by atoms with Crippen LogP contribution in [0.15, 0.2) is 24.3 Å². The van der Waals surface area contributed by atoms with Crippen molar-refractivity contribution in [2.45, 2.75) is 32.6 Å². The molecule has 1 aromatic carbocycles. The van der Waals surface area contributed by atoms with E-state index in [1.165, 1.54) is 11.8 Å². The van der Waals surface area contributed by atoms with Gasteiger partial charge < -0.3 is 4.74 Å². The van der Waals surface area contributed by atoms with Gasteiger partial charge in [0.2, 0.25) is 10.0 Å². The number of hydrogen-bond donors (Lipinski definition) is 0. The third-order valence-corrected chi connectivity index (χ3v) is 5.42. The molecule has 0 spiro atoms. The molecule has 0 saturated carbocycles. The van der Waals surface area contributed by atoms with Crippen LogP contribution < -0.4 is 4.74 Å². The topological polar surface area (TPSA) is 46.6 Å². The third kappa shape index (κ3) is 5.00. The maximum atomic E-state index is 11.5. The zero-order chi connectivity index (χ0) is 15.3. The van der Waals surface area contributed by atoms with Crippen molar-refractivity contribution in [3.8, 4) is 5.75 Å². The van der Waals surface area contributed by atoms with Crippen molar-refractivity contribution >= 4 is 10.0 Å². The summed E-state index contributed by atoms with van der Waals surface area (Å²) in [5.41, 5.74) is 1.32. The minimum absolute atomic E-state index is 0.634. The Morgan fingerprint density at radius 2 is 1.81 bits per heavy atom. The molecular formula is C16H25NO3S. The van der Waals surface area contributed by atoms with Gasteiger partial charge in [-0.2, -0.15) is 0 Å². The minimum atomic E-state index is -3.01. The van der Waals surface area contributed by atoms with Gasteiger partial charge in [-0.15, -0.1) is 0 Å². The van der Waals surface area contributed by atoms with E-state index in [-0.39, 0.29) is 0 Å². The molecule has 0 aliphatic carbocycles. The predicted octanol–water partition coefficient (Wildman–Crippen LogP) is 2.69. The van der Waals surface area contributed by atoms with Crippen molar-refractivity contribution in [1.29, 1.82) is 0 Å². The van der Waals surface area contributed by atoms with Crippen LogP contribution in [0.5, 0.6) is 5.75 Å². The van der Waals surface area contributed by atoms with Crippen LogP contribution in [-0.4, -0.2) is 38.7 Å². The summed E-state index contributed by atoms with van der Waals surface area (Å²) in [4.78, 5) is 0. The monoisotopic (exact) mass is 311 g/mol. The number of sulfonamides is 1. The van der Waals surface area contributed by atoms with Gasteiger partial charge in [-0.1, -0.05) is 12.1 Å². The van der Waals surface area contributed by atoms with Crippen LogP contribution in [-0.2, 0) is 16.4 Å². The second-order valence-corrected chi connectivity index (χ2v) is 7.70. The highest BCUT2D eigenvalue weighted by Gasteiger charge is 2.24. The summed E-state index contributed by atoms with van der Waals surface area (Å²) in [6, 6.07) is 8.28. The van der Waals surface area contributed by atoms with E-state index in [2.05, 4.69) is 12.1 Å². The molecule has 118 valence electrons. The predicted molar refractivity (Wildman–Crippen MR) is 85.1 cm³/mol. The third-order valence-electron chi connectivity index (χ3n) is 4.12. The van der Waals surface area contributed by atoms with Gasteiger partial charge in [0, 0.05) is 13.1 Å². The summed E-state index contributed by atoms with van der Waals surface area (Å²) in [5, 5.41) is 0. The van der Waals surface area contributed by atoms with E-state index in [4.69, 9.17) is 4.74 Å². The van der Waals surface area contributed by atoms with E-state index in [0.717, 1.165) is 31.4 Å². The van der Waals surface area contributed by atoms with Gasteiger partial charge in [0.25, 0.3) is 0 Å². The molecule has 0 amide bonds. The molecule has 1 aliphatic rings. The maximum Gasteiger partial charge on any atom is 0.211 e. The van der Waals surface area contributed by atoms with Crippen LogP contribution >= 0.6 is 0 Å². The number of hydrogen-bond acceptors (Lipinski definition) is 3. The normalized spacial score (nSPS) is 17.8. The Labute approximate surface area is 128 Å². The van der Waals surface area contributed by atoms with Gasteiger partial charge in [-0.25, -0.2) is 12.7 Å². The lowest BCUT2D eigenvalue weighted by Crippen LogP contribution is -2.37. The van der Waals surface area contributed by atoms with E-state index in [9.17, 15) is 8.42 Å². The SMILES string of the molecule is CCOc1ccc(CCC2CCN(S(C)(=O)=O)CC2)cc1. The van der Waals surface area contributed by atoms with Crippen molar-refractivity contribution < 1.29 is 13.2 Å². The summed E-state index contributed by atoms with van der Waals surface area (Å²) in [7, 11) is -3.01. The van der Waals surface area contributed by atoms with Crippen LogP contribution in [0, 0.1) is 5.92 Å². The molecule has 5 heteroatoms. The van der Waals surface area contributed by atoms with Crippen LogP contribution in [0.4, 0.5) is 0 Å². The lowest BCUT2D eigenvalue weighted by molar-refractivity contribution is 0.265. The molecule has 1 saturated heterocycles. The van der Waals surface area contributed by atoms with Gasteiger partial charge >= 0.3 is 0 Å². The Morgan fingerprint density at radius 3 is 2.33 bits per heavy atom. The van der Waals surface area contributed by atoms with Crippen LogP contribution in [0.3, 0.4) is 0 Å². The highest BCUT2D eigenvalue weighted by atomic mass is 32.2. The highest BCUT2D eigenvalue weighted by Crippen LogP contribution is 2.24. The Hall–Kier alpha value is -1.07. The molecule has 1 heterocycles. The molecular weight excluding hydrogens is 286 g/mol. The minimum Gasteiger partial charge on any atom is -0.494 e. The molecule has 1 fully saturated rings. The number of benzene rings is 1. The van der Waals surface area contributed by atoms with Crippen LogP contribution in [0.1, 0.15) is 31.7 Å². The molecule has 0 radical (unpaired) electrons. The standard InChI is InChI=1S/C16H25NO3S/c1-3-20-16-8-6-14(7-9-16)4-5-15-10-12-17(13-11-15)21(2,18)19/h6-9,15H,3-5,10-13H2,1-2H3. The van der Waals surface area contributed by atoms with Gasteiger partial charge in [-0.05, 0) is 56.2 Å². The van der Waals surface area contributed by atoms with Gasteiger partial charge in [0.05, 0.1) is 12.9 Å². The van der Waals surface area contributed by atoms with E-state index in [1.54, 1.807) is 4.31 Å². The van der Waals surface area contributed by atoms with Gasteiger partial charge in [0.1, 0.15) is 5.75 Å². The second kappa shape index (κ2) is 7.27. The molecule has 0 unspecified atom stereocenters. The second-order valence-electron chi connectivity index (χ2n) is 5.72. The first kappa shape index (κ1) is 16.3. The first-order valence-electron chi connectivity index (χ1n) is 7.66. The molecule has 0 bridgehead atoms. The van der Waals surface area contributed by atoms with E-state index in [0.29, 0.717) is 25.6 Å². The Kier molecular flexibility index (Phi) is 5.65. The van der Waals surface area contributed by atoms with E-state index >= 15 is 0 Å². The number of ether oxygens (including phenoxy) is 1. The average molecular weight is 311 g/mol. The highest BCUT2D eigenvalue weighted by molar-refractivity contribution is 7.88. The van der Waals surface area contributed by atoms with E-state index < -0.39 is 10.0 Å². The summed E-state index contributed by atoms with van der Waals surface area (Å²) >= 11 is 0. The van der Waals surface area contributed by atoms with Crippen LogP contribution in [0.25, 0.3) is 0 Å². The molecule has 0 atom stereocenters. The van der Waals surface area contributed by atoms with Crippen LogP contribution in [0.2, 0.25) is 0 Å². The first-order valence-corrected chi connectivity index (χ1v) is 9.50. The quantitative estimate of drug-likeness (QED) is 0.811. The number of aryl methyl sites for hydroxylation is 1. The lowest BCUT2D eigenvalue weighted by atomic mass is 9.91. The molecule has 21 heavy (non-hydrogen) atoms. The molecule has 0 aromatic heterocycles. The number of rotatable bonds is 6. The molecule has 1 aromatic rings. The number of nitrogens with zero attached hydrogens (tertiary/aromatic N) is 1. The maximum absolute atomic E-state index is 11.5. The van der Waals surface area contributed by atoms with Gasteiger partial charge in [-0.3, -0.25) is 0 Å². The average Bonchev–Trinajstić information content (AvgIpc) is 2.46. The fraction of sp³-hybridized carbons (Fsp3) is 0.625. The zero-order valence-electron chi connectivity index (χ0n) is 12.9. The summed E-state index contributed by atoms with van der Waals surface area (Å²) in [5.74, 6) is 1.55. The molecule has 4 nitrogen and oxygen atoms in total. The van der Waals surface area contributed by atoms with Crippen molar-refractivity contribution in [2.75, 3.05) is 26.0 Å². The van der Waals surface area contributed by atoms with E-state index in [1.807, 2.05) is 19.1 Å². The Morgan fingerprint density at radius 1 is 1.19 bits per heavy atom. The Bertz CT molecular complexity index is 531. The molecule has 1 aliphatic heterocycles. The number of piperidine rings is 1. The molecule has 0 N–H and O–H groups in total. The van der Waals surface area contributed by atoms with Gasteiger partial charge in [0.15, 0.2) is 0 Å². The summed E-state index contributed by atoms with van der Waals surface area (Å²) < 4.78 is 30.0. The Balaban J connectivity index is 1.77. The summed E-state index contributed by atoms with van der Waals surface area (Å²) in [6.07, 6.45) is 5.43. The smallest absolute Gasteiger partial charge is 0.211 e. The fourth-order valence-corrected chi connectivity index (χ4v) is 3.69. The zero-order valence-corrected chi connectivity index (χ0v) is 13.7. The largest absolute Gasteiger partial charge is 0.494 e. The lowest BCUT2D eigenvalue weighted by Gasteiger charge is -2.30. The fourth-order valence-electron chi connectivity index (χ4n) is 2.82. The summed E-state index contributed by atoms with van der Waals surface area (Å²) in [6.45, 7) is 4.02. The van der Waals surface area contributed by atoms with Crippen molar-refractivity contribution in [3.05, 3.63) is 29.8 Å². The van der Waals surface area contributed by atoms with Crippen molar-refractivity contribution in [3.63, 3.8) is 0 Å². The molecule has 2 rings (SSSR count). The van der Waals surface area contributed by atoms with Crippen molar-refractivity contribution in [2.24, 2.45) is 5.92 Å².